The van der Waals surface area contributed by atoms with E-state index in [2.05, 4.69) is 26.2 Å². The molecule has 1 aromatic heterocycles. The van der Waals surface area contributed by atoms with Gasteiger partial charge in [0.1, 0.15) is 5.82 Å². The number of nitrogens with zero attached hydrogens (tertiary/aromatic N) is 1. The van der Waals surface area contributed by atoms with Crippen molar-refractivity contribution in [3.8, 4) is 0 Å². The van der Waals surface area contributed by atoms with E-state index in [0.29, 0.717) is 24.5 Å². The highest BCUT2D eigenvalue weighted by Gasteiger charge is 2.03. The summed E-state index contributed by atoms with van der Waals surface area (Å²) in [5.74, 6) is 0.480. The van der Waals surface area contributed by atoms with Crippen molar-refractivity contribution >= 4 is 37.5 Å². The molecule has 0 fully saturated rings. The van der Waals surface area contributed by atoms with Crippen LogP contribution in [-0.4, -0.2) is 25.7 Å². The Balaban J connectivity index is 2.43. The molecule has 0 aliphatic heterocycles. The third kappa shape index (κ3) is 4.77. The van der Waals surface area contributed by atoms with Crippen LogP contribution in [0.3, 0.4) is 0 Å². The second-order valence-electron chi connectivity index (χ2n) is 3.24. The van der Waals surface area contributed by atoms with E-state index >= 15 is 0 Å². The first-order valence-corrected chi connectivity index (χ1v) is 7.05. The lowest BCUT2D eigenvalue weighted by molar-refractivity contribution is 0.596. The molecule has 5 N–H and O–H groups in total. The molecule has 16 heavy (non-hydrogen) atoms. The molecule has 0 saturated heterocycles. The Morgan fingerprint density at radius 1 is 1.50 bits per heavy atom. The molecule has 0 aliphatic carbocycles. The topological polar surface area (TPSA) is 111 Å². The fraction of sp³-hybridized carbons (Fsp3) is 0.375. The maximum Gasteiger partial charge on any atom is 0.209 e. The van der Waals surface area contributed by atoms with Gasteiger partial charge in [-0.25, -0.2) is 18.5 Å². The number of primary sulfonamides is 1. The number of pyridine rings is 1. The van der Waals surface area contributed by atoms with Gasteiger partial charge < -0.3 is 11.1 Å². The second kappa shape index (κ2) is 5.46. The monoisotopic (exact) mass is 308 g/mol. The lowest BCUT2D eigenvalue weighted by Gasteiger charge is -2.07. The van der Waals surface area contributed by atoms with Gasteiger partial charge in [0, 0.05) is 17.2 Å². The predicted octanol–water partition coefficient (Wildman–Crippen LogP) is 0.517. The minimum absolute atomic E-state index is 0.0591. The summed E-state index contributed by atoms with van der Waals surface area (Å²) in [6.45, 7) is 0.454. The van der Waals surface area contributed by atoms with Gasteiger partial charge in [0.25, 0.3) is 0 Å². The van der Waals surface area contributed by atoms with Crippen LogP contribution >= 0.6 is 15.9 Å². The number of nitrogen functional groups attached to an aromatic ring is 1. The molecule has 6 nitrogen and oxygen atoms in total. The van der Waals surface area contributed by atoms with Crippen molar-refractivity contribution in [3.05, 3.63) is 16.7 Å². The number of anilines is 2. The summed E-state index contributed by atoms with van der Waals surface area (Å²) in [4.78, 5) is 4.05. The molecule has 1 heterocycles. The standard InChI is InChI=1S/C8H13BrN4O2S/c9-6-4-7(10)8(13-5-6)12-2-1-3-16(11,14)15/h4-5H,1-3,10H2,(H,12,13)(H2,11,14,15). The number of nitrogens with one attached hydrogen (secondary N) is 1. The fourth-order valence-corrected chi connectivity index (χ4v) is 1.98. The summed E-state index contributed by atoms with van der Waals surface area (Å²) in [6, 6.07) is 1.72. The first-order chi connectivity index (χ1) is 7.38. The number of nitrogens with two attached hydrogens (primary N) is 2. The van der Waals surface area contributed by atoms with Crippen LogP contribution in [0.4, 0.5) is 11.5 Å². The number of aromatic nitrogens is 1. The van der Waals surface area contributed by atoms with E-state index in [0.717, 1.165) is 4.47 Å². The minimum atomic E-state index is -3.39. The van der Waals surface area contributed by atoms with Crippen molar-refractivity contribution in [2.45, 2.75) is 6.42 Å². The van der Waals surface area contributed by atoms with E-state index in [4.69, 9.17) is 10.9 Å². The Morgan fingerprint density at radius 3 is 2.75 bits per heavy atom. The third-order valence-corrected chi connectivity index (χ3v) is 3.07. The molecule has 90 valence electrons. The average molecular weight is 309 g/mol. The smallest absolute Gasteiger partial charge is 0.209 e. The maximum atomic E-state index is 10.7. The normalized spacial score (nSPS) is 11.4. The lowest BCUT2D eigenvalue weighted by Crippen LogP contribution is -2.19. The molecule has 0 radical (unpaired) electrons. The summed E-state index contributed by atoms with van der Waals surface area (Å²) < 4.78 is 22.1. The van der Waals surface area contributed by atoms with Crippen molar-refractivity contribution in [2.24, 2.45) is 5.14 Å². The second-order valence-corrected chi connectivity index (χ2v) is 5.89. The number of hydrogen-bond donors (Lipinski definition) is 3. The Bertz CT molecular complexity index is 463. The van der Waals surface area contributed by atoms with Gasteiger partial charge in [-0.3, -0.25) is 0 Å². The van der Waals surface area contributed by atoms with Crippen LogP contribution in [0.25, 0.3) is 0 Å². The average Bonchev–Trinajstić information content (AvgIpc) is 2.13. The molecule has 1 aromatic rings. The van der Waals surface area contributed by atoms with Gasteiger partial charge in [-0.05, 0) is 28.4 Å². The highest BCUT2D eigenvalue weighted by Crippen LogP contribution is 2.19. The van der Waals surface area contributed by atoms with E-state index in [1.165, 1.54) is 0 Å². The van der Waals surface area contributed by atoms with Crippen LogP contribution in [0.2, 0.25) is 0 Å². The zero-order chi connectivity index (χ0) is 12.2. The van der Waals surface area contributed by atoms with E-state index < -0.39 is 10.0 Å². The maximum absolute atomic E-state index is 10.7. The molecular weight excluding hydrogens is 296 g/mol. The van der Waals surface area contributed by atoms with E-state index in [1.54, 1.807) is 12.3 Å². The van der Waals surface area contributed by atoms with Crippen molar-refractivity contribution in [1.29, 1.82) is 0 Å². The summed E-state index contributed by atoms with van der Waals surface area (Å²) >= 11 is 3.24. The van der Waals surface area contributed by atoms with Crippen molar-refractivity contribution in [1.82, 2.24) is 4.98 Å². The van der Waals surface area contributed by atoms with E-state index in [9.17, 15) is 8.42 Å². The van der Waals surface area contributed by atoms with Crippen molar-refractivity contribution < 1.29 is 8.42 Å². The molecule has 0 bridgehead atoms. The first-order valence-electron chi connectivity index (χ1n) is 4.54. The fourth-order valence-electron chi connectivity index (χ4n) is 1.08. The van der Waals surface area contributed by atoms with E-state index in [-0.39, 0.29) is 5.75 Å². The summed E-state index contributed by atoms with van der Waals surface area (Å²) in [5, 5.41) is 7.80. The third-order valence-electron chi connectivity index (χ3n) is 1.78. The number of sulfonamides is 1. The zero-order valence-corrected chi connectivity index (χ0v) is 10.9. The lowest BCUT2D eigenvalue weighted by atomic mass is 10.4. The van der Waals surface area contributed by atoms with Crippen LogP contribution in [0, 0.1) is 0 Å². The van der Waals surface area contributed by atoms with Gasteiger partial charge in [-0.2, -0.15) is 0 Å². The number of rotatable bonds is 5. The molecule has 0 spiro atoms. The molecule has 0 atom stereocenters. The minimum Gasteiger partial charge on any atom is -0.396 e. The molecule has 0 saturated carbocycles. The highest BCUT2D eigenvalue weighted by molar-refractivity contribution is 9.10. The Labute approximate surface area is 103 Å². The highest BCUT2D eigenvalue weighted by atomic mass is 79.9. The Morgan fingerprint density at radius 2 is 2.19 bits per heavy atom. The Hall–Kier alpha value is -0.860. The molecule has 0 aromatic carbocycles. The molecule has 0 unspecified atom stereocenters. The van der Waals surface area contributed by atoms with Gasteiger partial charge in [-0.1, -0.05) is 0 Å². The quantitative estimate of drug-likeness (QED) is 0.687. The number of halogens is 1. The van der Waals surface area contributed by atoms with Gasteiger partial charge in [0.05, 0.1) is 11.4 Å². The van der Waals surface area contributed by atoms with Gasteiger partial charge in [0.15, 0.2) is 0 Å². The van der Waals surface area contributed by atoms with Gasteiger partial charge >= 0.3 is 0 Å². The predicted molar refractivity (Wildman–Crippen MR) is 67.4 cm³/mol. The molecule has 1 rings (SSSR count). The van der Waals surface area contributed by atoms with Crippen LogP contribution in [0.5, 0.6) is 0 Å². The largest absolute Gasteiger partial charge is 0.396 e. The van der Waals surface area contributed by atoms with E-state index in [1.807, 2.05) is 0 Å². The molecule has 0 amide bonds. The van der Waals surface area contributed by atoms with Crippen LogP contribution in [0.15, 0.2) is 16.7 Å². The SMILES string of the molecule is Nc1cc(Br)cnc1NCCCS(N)(=O)=O. The Kier molecular flexibility index (Phi) is 4.51. The number of hydrogen-bond acceptors (Lipinski definition) is 5. The van der Waals surface area contributed by atoms with Crippen LogP contribution in [0.1, 0.15) is 6.42 Å². The van der Waals surface area contributed by atoms with Crippen LogP contribution < -0.4 is 16.2 Å². The summed E-state index contributed by atoms with van der Waals surface area (Å²) in [5.41, 5.74) is 6.20. The van der Waals surface area contributed by atoms with Gasteiger partial charge in [-0.15, -0.1) is 0 Å². The van der Waals surface area contributed by atoms with Crippen molar-refractivity contribution in [2.75, 3.05) is 23.3 Å². The molecule has 8 heteroatoms. The molecule has 0 aliphatic rings. The molecular formula is C8H13BrN4O2S. The van der Waals surface area contributed by atoms with Gasteiger partial charge in [0.2, 0.25) is 10.0 Å². The first kappa shape index (κ1) is 13.2. The zero-order valence-electron chi connectivity index (χ0n) is 8.48. The summed E-state index contributed by atoms with van der Waals surface area (Å²) in [6.07, 6.45) is 2.02. The van der Waals surface area contributed by atoms with Crippen molar-refractivity contribution in [3.63, 3.8) is 0 Å². The van der Waals surface area contributed by atoms with Crippen LogP contribution in [-0.2, 0) is 10.0 Å². The summed E-state index contributed by atoms with van der Waals surface area (Å²) in [7, 11) is -3.39.